The first-order chi connectivity index (χ1) is 6.90. The Morgan fingerprint density at radius 3 is 3.14 bits per heavy atom. The van der Waals surface area contributed by atoms with Gasteiger partial charge in [-0.1, -0.05) is 0 Å². The molecule has 3 heteroatoms. The molecule has 1 N–H and O–H groups in total. The quantitative estimate of drug-likeness (QED) is 0.751. The Morgan fingerprint density at radius 2 is 2.29 bits per heavy atom. The van der Waals surface area contributed by atoms with E-state index >= 15 is 0 Å². The van der Waals surface area contributed by atoms with Crippen molar-refractivity contribution in [1.82, 2.24) is 5.32 Å². The van der Waals surface area contributed by atoms with Crippen molar-refractivity contribution in [3.8, 4) is 5.75 Å². The minimum Gasteiger partial charge on any atom is -0.492 e. The number of hydrogen-bond acceptors (Lipinski definition) is 3. The van der Waals surface area contributed by atoms with Gasteiger partial charge in [-0.05, 0) is 25.2 Å². The van der Waals surface area contributed by atoms with Crippen LogP contribution in [0.4, 0.5) is 0 Å². The smallest absolute Gasteiger partial charge is 0.137 e. The lowest BCUT2D eigenvalue weighted by molar-refractivity contribution is 0.318. The summed E-state index contributed by atoms with van der Waals surface area (Å²) in [5.41, 5.74) is 0.868. The molecule has 0 amide bonds. The van der Waals surface area contributed by atoms with E-state index in [1.165, 1.54) is 0 Å². The molecule has 2 aromatic rings. The van der Waals surface area contributed by atoms with E-state index in [2.05, 4.69) is 5.32 Å². The Balaban J connectivity index is 2.10. The maximum Gasteiger partial charge on any atom is 0.137 e. The number of fused-ring (bicyclic) bond motifs is 1. The topological polar surface area (TPSA) is 34.4 Å². The first kappa shape index (κ1) is 9.09. The van der Waals surface area contributed by atoms with E-state index in [0.717, 1.165) is 23.3 Å². The van der Waals surface area contributed by atoms with Crippen molar-refractivity contribution in [1.29, 1.82) is 0 Å². The predicted octanol–water partition coefficient (Wildman–Crippen LogP) is 2.03. The highest BCUT2D eigenvalue weighted by atomic mass is 16.5. The number of nitrogens with one attached hydrogen (secondary N) is 1. The fourth-order valence-corrected chi connectivity index (χ4v) is 1.30. The highest BCUT2D eigenvalue weighted by Crippen LogP contribution is 2.21. The molecule has 0 spiro atoms. The molecule has 0 saturated heterocycles. The third-order valence-electron chi connectivity index (χ3n) is 2.05. The standard InChI is InChI=1S/C11H13NO2/c1-12-5-7-13-10-3-2-9-4-6-14-11(9)8-10/h2-4,6,8,12H,5,7H2,1H3. The van der Waals surface area contributed by atoms with Crippen molar-refractivity contribution in [2.24, 2.45) is 0 Å². The Morgan fingerprint density at radius 1 is 1.36 bits per heavy atom. The lowest BCUT2D eigenvalue weighted by atomic mass is 10.2. The molecule has 0 fully saturated rings. The molecule has 1 aromatic heterocycles. The SMILES string of the molecule is CNCCOc1ccc2ccoc2c1. The molecule has 0 radical (unpaired) electrons. The van der Waals surface area contributed by atoms with Gasteiger partial charge >= 0.3 is 0 Å². The van der Waals surface area contributed by atoms with E-state index in [-0.39, 0.29) is 0 Å². The zero-order chi connectivity index (χ0) is 9.80. The minimum absolute atomic E-state index is 0.669. The largest absolute Gasteiger partial charge is 0.492 e. The molecule has 0 aliphatic rings. The van der Waals surface area contributed by atoms with E-state index in [1.54, 1.807) is 6.26 Å². The molecule has 0 aliphatic carbocycles. The van der Waals surface area contributed by atoms with Gasteiger partial charge in [-0.2, -0.15) is 0 Å². The monoisotopic (exact) mass is 191 g/mol. The van der Waals surface area contributed by atoms with Crippen LogP contribution in [-0.2, 0) is 0 Å². The number of ether oxygens (including phenoxy) is 1. The summed E-state index contributed by atoms with van der Waals surface area (Å²) < 4.78 is 10.8. The van der Waals surface area contributed by atoms with Crippen LogP contribution in [-0.4, -0.2) is 20.2 Å². The number of benzene rings is 1. The first-order valence-electron chi connectivity index (χ1n) is 4.65. The average molecular weight is 191 g/mol. The summed E-state index contributed by atoms with van der Waals surface area (Å²) >= 11 is 0. The summed E-state index contributed by atoms with van der Waals surface area (Å²) in [7, 11) is 1.90. The van der Waals surface area contributed by atoms with Gasteiger partial charge < -0.3 is 14.5 Å². The van der Waals surface area contributed by atoms with E-state index in [4.69, 9.17) is 9.15 Å². The van der Waals surface area contributed by atoms with Crippen molar-refractivity contribution in [2.45, 2.75) is 0 Å². The van der Waals surface area contributed by atoms with Gasteiger partial charge in [-0.15, -0.1) is 0 Å². The second-order valence-electron chi connectivity index (χ2n) is 3.07. The van der Waals surface area contributed by atoms with Crippen LogP contribution >= 0.6 is 0 Å². The zero-order valence-corrected chi connectivity index (χ0v) is 8.12. The zero-order valence-electron chi connectivity index (χ0n) is 8.12. The molecule has 0 aliphatic heterocycles. The van der Waals surface area contributed by atoms with Crippen molar-refractivity contribution in [3.63, 3.8) is 0 Å². The number of hydrogen-bond donors (Lipinski definition) is 1. The third-order valence-corrected chi connectivity index (χ3v) is 2.05. The number of likely N-dealkylation sites (N-methyl/N-ethyl adjacent to an activating group) is 1. The first-order valence-corrected chi connectivity index (χ1v) is 4.65. The maximum absolute atomic E-state index is 5.50. The highest BCUT2D eigenvalue weighted by Gasteiger charge is 1.98. The molecule has 1 heterocycles. The lowest BCUT2D eigenvalue weighted by Crippen LogP contribution is -2.15. The van der Waals surface area contributed by atoms with E-state index < -0.39 is 0 Å². The minimum atomic E-state index is 0.669. The second-order valence-corrected chi connectivity index (χ2v) is 3.07. The molecule has 2 rings (SSSR count). The third kappa shape index (κ3) is 1.88. The predicted molar refractivity (Wildman–Crippen MR) is 55.6 cm³/mol. The van der Waals surface area contributed by atoms with Crippen molar-refractivity contribution in [3.05, 3.63) is 30.5 Å². The Kier molecular flexibility index (Phi) is 2.70. The molecule has 0 saturated carbocycles. The van der Waals surface area contributed by atoms with Crippen LogP contribution in [0.3, 0.4) is 0 Å². The van der Waals surface area contributed by atoms with Crippen LogP contribution in [0.2, 0.25) is 0 Å². The van der Waals surface area contributed by atoms with Crippen molar-refractivity contribution >= 4 is 11.0 Å². The van der Waals surface area contributed by atoms with Crippen LogP contribution in [0.1, 0.15) is 0 Å². The van der Waals surface area contributed by atoms with Gasteiger partial charge in [0.15, 0.2) is 0 Å². The maximum atomic E-state index is 5.50. The van der Waals surface area contributed by atoms with Crippen molar-refractivity contribution < 1.29 is 9.15 Å². The van der Waals surface area contributed by atoms with Gasteiger partial charge in [0.1, 0.15) is 17.9 Å². The molecule has 14 heavy (non-hydrogen) atoms. The van der Waals surface area contributed by atoms with E-state index in [9.17, 15) is 0 Å². The number of furan rings is 1. The Bertz CT molecular complexity index is 408. The Labute approximate surface area is 82.7 Å². The van der Waals surface area contributed by atoms with Crippen molar-refractivity contribution in [2.75, 3.05) is 20.2 Å². The highest BCUT2D eigenvalue weighted by molar-refractivity contribution is 5.78. The summed E-state index contributed by atoms with van der Waals surface area (Å²) in [5, 5.41) is 4.12. The molecular weight excluding hydrogens is 178 g/mol. The summed E-state index contributed by atoms with van der Waals surface area (Å²) in [4.78, 5) is 0. The summed E-state index contributed by atoms with van der Waals surface area (Å²) in [6.45, 7) is 1.51. The molecule has 0 unspecified atom stereocenters. The van der Waals surface area contributed by atoms with E-state index in [1.807, 2.05) is 31.3 Å². The lowest BCUT2D eigenvalue weighted by Gasteiger charge is -2.04. The fourth-order valence-electron chi connectivity index (χ4n) is 1.30. The molecule has 1 aromatic carbocycles. The van der Waals surface area contributed by atoms with Crippen LogP contribution < -0.4 is 10.1 Å². The second kappa shape index (κ2) is 4.15. The summed E-state index contributed by atoms with van der Waals surface area (Å²) in [6.07, 6.45) is 1.68. The normalized spacial score (nSPS) is 10.6. The molecule has 0 atom stereocenters. The summed E-state index contributed by atoms with van der Waals surface area (Å²) in [5.74, 6) is 0.850. The van der Waals surface area contributed by atoms with Gasteiger partial charge in [-0.3, -0.25) is 0 Å². The fraction of sp³-hybridized carbons (Fsp3) is 0.273. The number of rotatable bonds is 4. The molecule has 3 nitrogen and oxygen atoms in total. The van der Waals surface area contributed by atoms with Gasteiger partial charge in [-0.25, -0.2) is 0 Å². The van der Waals surface area contributed by atoms with Gasteiger partial charge in [0.05, 0.1) is 6.26 Å². The van der Waals surface area contributed by atoms with Gasteiger partial charge in [0.2, 0.25) is 0 Å². The average Bonchev–Trinajstić information content (AvgIpc) is 2.65. The molecular formula is C11H13NO2. The van der Waals surface area contributed by atoms with Crippen LogP contribution in [0.25, 0.3) is 11.0 Å². The summed E-state index contributed by atoms with van der Waals surface area (Å²) in [6, 6.07) is 7.79. The Hall–Kier alpha value is -1.48. The molecule has 0 bridgehead atoms. The van der Waals surface area contributed by atoms with Crippen LogP contribution in [0.5, 0.6) is 5.75 Å². The van der Waals surface area contributed by atoms with Gasteiger partial charge in [0.25, 0.3) is 0 Å². The molecule has 74 valence electrons. The van der Waals surface area contributed by atoms with Crippen LogP contribution in [0, 0.1) is 0 Å². The van der Waals surface area contributed by atoms with E-state index in [0.29, 0.717) is 6.61 Å². The van der Waals surface area contributed by atoms with Crippen LogP contribution in [0.15, 0.2) is 34.9 Å². The van der Waals surface area contributed by atoms with Gasteiger partial charge in [0, 0.05) is 18.0 Å².